The van der Waals surface area contributed by atoms with Crippen molar-refractivity contribution < 1.29 is 19.8 Å². The molecule has 80 valence electrons. The lowest BCUT2D eigenvalue weighted by Gasteiger charge is -2.18. The number of aliphatic carboxylic acids is 1. The molecule has 0 aliphatic rings. The van der Waals surface area contributed by atoms with Crippen LogP contribution in [0, 0.1) is 0 Å². The maximum Gasteiger partial charge on any atom is 0.329 e. The summed E-state index contributed by atoms with van der Waals surface area (Å²) in [4.78, 5) is 20.9. The van der Waals surface area contributed by atoms with E-state index in [1.54, 1.807) is 30.3 Å². The van der Waals surface area contributed by atoms with Gasteiger partial charge in [-0.05, 0) is 5.56 Å². The Bertz CT molecular complexity index is 339. The molecule has 15 heavy (non-hydrogen) atoms. The van der Waals surface area contributed by atoms with Crippen molar-refractivity contribution >= 4 is 12.4 Å². The topological polar surface area (TPSA) is 86.6 Å². The molecule has 5 heteroatoms. The van der Waals surface area contributed by atoms with Gasteiger partial charge >= 0.3 is 5.97 Å². The van der Waals surface area contributed by atoms with Gasteiger partial charge in [0.15, 0.2) is 6.04 Å². The van der Waals surface area contributed by atoms with Crippen molar-refractivity contribution in [2.24, 2.45) is 0 Å². The fourth-order valence-electron chi connectivity index (χ4n) is 1.21. The first-order chi connectivity index (χ1) is 7.16. The van der Waals surface area contributed by atoms with Gasteiger partial charge in [-0.2, -0.15) is 0 Å². The van der Waals surface area contributed by atoms with Crippen molar-refractivity contribution in [1.29, 1.82) is 0 Å². The second-order valence-corrected chi connectivity index (χ2v) is 2.96. The maximum absolute atomic E-state index is 10.7. The Morgan fingerprint density at radius 3 is 2.40 bits per heavy atom. The SMILES string of the molecule is O=CNC(C(=O)O)C(O)c1ccccc1. The number of rotatable bonds is 5. The third-order valence-corrected chi connectivity index (χ3v) is 1.97. The van der Waals surface area contributed by atoms with Crippen LogP contribution in [0.4, 0.5) is 0 Å². The average Bonchev–Trinajstić information content (AvgIpc) is 2.26. The molecule has 0 saturated heterocycles. The molecule has 0 radical (unpaired) electrons. The Kier molecular flexibility index (Phi) is 3.82. The standard InChI is InChI=1S/C10H11NO4/c12-6-11-8(10(14)15)9(13)7-4-2-1-3-5-7/h1-6,8-9,13H,(H,11,12)(H,14,15). The van der Waals surface area contributed by atoms with E-state index in [1.165, 1.54) is 0 Å². The highest BCUT2D eigenvalue weighted by Crippen LogP contribution is 2.16. The molecule has 2 unspecified atom stereocenters. The van der Waals surface area contributed by atoms with E-state index in [9.17, 15) is 14.7 Å². The van der Waals surface area contributed by atoms with Crippen molar-refractivity contribution in [3.63, 3.8) is 0 Å². The van der Waals surface area contributed by atoms with Gasteiger partial charge in [-0.1, -0.05) is 30.3 Å². The summed E-state index contributed by atoms with van der Waals surface area (Å²) in [6, 6.07) is 6.96. The van der Waals surface area contributed by atoms with E-state index in [4.69, 9.17) is 5.11 Å². The number of nitrogens with one attached hydrogen (secondary N) is 1. The smallest absolute Gasteiger partial charge is 0.329 e. The third-order valence-electron chi connectivity index (χ3n) is 1.97. The molecule has 0 aliphatic carbocycles. The number of hydrogen-bond donors (Lipinski definition) is 3. The van der Waals surface area contributed by atoms with Crippen molar-refractivity contribution in [2.75, 3.05) is 0 Å². The summed E-state index contributed by atoms with van der Waals surface area (Å²) < 4.78 is 0. The first kappa shape index (κ1) is 11.2. The number of carboxylic acid groups (broad SMARTS) is 1. The molecule has 1 aromatic rings. The molecular formula is C10H11NO4. The number of carbonyl (C=O) groups excluding carboxylic acids is 1. The average molecular weight is 209 g/mol. The molecule has 0 saturated carbocycles. The number of carboxylic acids is 1. The lowest BCUT2D eigenvalue weighted by atomic mass is 10.0. The van der Waals surface area contributed by atoms with Gasteiger partial charge in [0, 0.05) is 0 Å². The van der Waals surface area contributed by atoms with Gasteiger partial charge in [0.05, 0.1) is 0 Å². The van der Waals surface area contributed by atoms with Crippen LogP contribution in [0.15, 0.2) is 30.3 Å². The number of amides is 1. The van der Waals surface area contributed by atoms with Crippen LogP contribution in [-0.2, 0) is 9.59 Å². The number of aliphatic hydroxyl groups excluding tert-OH is 1. The minimum absolute atomic E-state index is 0.255. The predicted molar refractivity (Wildman–Crippen MR) is 52.0 cm³/mol. The first-order valence-electron chi connectivity index (χ1n) is 4.32. The van der Waals surface area contributed by atoms with Crippen molar-refractivity contribution in [3.05, 3.63) is 35.9 Å². The molecule has 0 bridgehead atoms. The summed E-state index contributed by atoms with van der Waals surface area (Å²) in [6.07, 6.45) is -1.00. The van der Waals surface area contributed by atoms with Crippen LogP contribution in [0.1, 0.15) is 11.7 Å². The van der Waals surface area contributed by atoms with E-state index in [1.807, 2.05) is 0 Å². The quantitative estimate of drug-likeness (QED) is 0.592. The van der Waals surface area contributed by atoms with E-state index in [0.29, 0.717) is 5.56 Å². The molecule has 1 aromatic carbocycles. The highest BCUT2D eigenvalue weighted by atomic mass is 16.4. The zero-order valence-electron chi connectivity index (χ0n) is 7.83. The Hall–Kier alpha value is -1.88. The second-order valence-electron chi connectivity index (χ2n) is 2.96. The number of aliphatic hydroxyl groups is 1. The predicted octanol–water partition coefficient (Wildman–Crippen LogP) is -0.0808. The van der Waals surface area contributed by atoms with Crippen LogP contribution in [-0.4, -0.2) is 28.6 Å². The number of carbonyl (C=O) groups is 2. The van der Waals surface area contributed by atoms with Crippen molar-refractivity contribution in [3.8, 4) is 0 Å². The number of benzene rings is 1. The van der Waals surface area contributed by atoms with E-state index < -0.39 is 18.1 Å². The van der Waals surface area contributed by atoms with Gasteiger partial charge in [-0.25, -0.2) is 4.79 Å². The molecule has 3 N–H and O–H groups in total. The van der Waals surface area contributed by atoms with E-state index >= 15 is 0 Å². The Morgan fingerprint density at radius 2 is 1.93 bits per heavy atom. The van der Waals surface area contributed by atoms with Crippen LogP contribution in [0.2, 0.25) is 0 Å². The highest BCUT2D eigenvalue weighted by molar-refractivity contribution is 5.77. The van der Waals surface area contributed by atoms with Gasteiger partial charge in [0.1, 0.15) is 6.10 Å². The monoisotopic (exact) mass is 209 g/mol. The highest BCUT2D eigenvalue weighted by Gasteiger charge is 2.26. The van der Waals surface area contributed by atoms with Crippen LogP contribution in [0.25, 0.3) is 0 Å². The van der Waals surface area contributed by atoms with Crippen LogP contribution in [0.5, 0.6) is 0 Å². The van der Waals surface area contributed by atoms with Gasteiger partial charge in [0.2, 0.25) is 6.41 Å². The van der Waals surface area contributed by atoms with Gasteiger partial charge in [-0.15, -0.1) is 0 Å². The molecular weight excluding hydrogens is 198 g/mol. The molecule has 0 fully saturated rings. The summed E-state index contributed by atoms with van der Waals surface area (Å²) in [5, 5.41) is 20.5. The molecule has 0 aliphatic heterocycles. The van der Waals surface area contributed by atoms with E-state index in [0.717, 1.165) is 0 Å². The first-order valence-corrected chi connectivity index (χ1v) is 4.32. The maximum atomic E-state index is 10.7. The Balaban J connectivity index is 2.85. The van der Waals surface area contributed by atoms with Gasteiger partial charge in [-0.3, -0.25) is 4.79 Å². The lowest BCUT2D eigenvalue weighted by Crippen LogP contribution is -2.40. The fraction of sp³-hybridized carbons (Fsp3) is 0.200. The zero-order chi connectivity index (χ0) is 11.3. The summed E-state index contributed by atoms with van der Waals surface area (Å²) in [6.45, 7) is 0. The largest absolute Gasteiger partial charge is 0.480 e. The van der Waals surface area contributed by atoms with Gasteiger partial charge in [0.25, 0.3) is 0 Å². The molecule has 1 amide bonds. The minimum atomic E-state index is -1.33. The second kappa shape index (κ2) is 5.11. The fourth-order valence-corrected chi connectivity index (χ4v) is 1.21. The Morgan fingerprint density at radius 1 is 1.33 bits per heavy atom. The van der Waals surface area contributed by atoms with E-state index in [-0.39, 0.29) is 6.41 Å². The molecule has 0 heterocycles. The molecule has 1 rings (SSSR count). The van der Waals surface area contributed by atoms with Crippen molar-refractivity contribution in [1.82, 2.24) is 5.32 Å². The van der Waals surface area contributed by atoms with Crippen LogP contribution < -0.4 is 5.32 Å². The molecule has 5 nitrogen and oxygen atoms in total. The third kappa shape index (κ3) is 2.78. The number of hydrogen-bond acceptors (Lipinski definition) is 3. The summed E-state index contributed by atoms with van der Waals surface area (Å²) in [5.74, 6) is -1.28. The van der Waals surface area contributed by atoms with E-state index in [2.05, 4.69) is 5.32 Å². The zero-order valence-corrected chi connectivity index (χ0v) is 7.83. The lowest BCUT2D eigenvalue weighted by molar-refractivity contribution is -0.143. The normalized spacial score (nSPS) is 13.9. The summed E-state index contributed by atoms with van der Waals surface area (Å²) >= 11 is 0. The molecule has 2 atom stereocenters. The minimum Gasteiger partial charge on any atom is -0.480 e. The molecule has 0 aromatic heterocycles. The van der Waals surface area contributed by atoms with Crippen molar-refractivity contribution in [2.45, 2.75) is 12.1 Å². The summed E-state index contributed by atoms with van der Waals surface area (Å²) in [7, 11) is 0. The van der Waals surface area contributed by atoms with Gasteiger partial charge < -0.3 is 15.5 Å². The Labute approximate surface area is 86.4 Å². The summed E-state index contributed by atoms with van der Waals surface area (Å²) in [5.41, 5.74) is 0.444. The van der Waals surface area contributed by atoms with Crippen LogP contribution >= 0.6 is 0 Å². The molecule has 0 spiro atoms. The van der Waals surface area contributed by atoms with Crippen LogP contribution in [0.3, 0.4) is 0 Å².